The maximum Gasteiger partial charge on any atom is 0.337 e. The molecular weight excluding hydrogens is 240 g/mol. The summed E-state index contributed by atoms with van der Waals surface area (Å²) in [5, 5.41) is 7.73. The fourth-order valence-electron chi connectivity index (χ4n) is 1.44. The lowest BCUT2D eigenvalue weighted by atomic mass is 10.1. The molecule has 0 N–H and O–H groups in total. The van der Waals surface area contributed by atoms with Gasteiger partial charge in [-0.2, -0.15) is 5.10 Å². The zero-order valence-electron chi connectivity index (χ0n) is 9.05. The van der Waals surface area contributed by atoms with Gasteiger partial charge in [0.05, 0.1) is 18.9 Å². The molecule has 0 aliphatic heterocycles. The van der Waals surface area contributed by atoms with E-state index in [1.807, 2.05) is 6.07 Å². The third kappa shape index (κ3) is 2.60. The van der Waals surface area contributed by atoms with Crippen molar-refractivity contribution in [2.45, 2.75) is 0 Å². The lowest BCUT2D eigenvalue weighted by Crippen LogP contribution is -2.00. The molecule has 5 heteroatoms. The van der Waals surface area contributed by atoms with Gasteiger partial charge in [0.1, 0.15) is 0 Å². The van der Waals surface area contributed by atoms with Crippen LogP contribution in [0.4, 0.5) is 0 Å². The van der Waals surface area contributed by atoms with Crippen LogP contribution in [0.2, 0.25) is 5.15 Å². The van der Waals surface area contributed by atoms with Gasteiger partial charge in [-0.05, 0) is 23.8 Å². The van der Waals surface area contributed by atoms with Crippen molar-refractivity contribution >= 4 is 17.6 Å². The molecule has 86 valence electrons. The molecule has 1 aromatic heterocycles. The SMILES string of the molecule is COC(=O)c1cccc(-c2cnnc(Cl)c2)c1. The van der Waals surface area contributed by atoms with Crippen LogP contribution in [-0.4, -0.2) is 23.3 Å². The van der Waals surface area contributed by atoms with E-state index >= 15 is 0 Å². The van der Waals surface area contributed by atoms with Gasteiger partial charge < -0.3 is 4.74 Å². The largest absolute Gasteiger partial charge is 0.465 e. The Morgan fingerprint density at radius 1 is 1.29 bits per heavy atom. The number of carbonyl (C=O) groups excluding carboxylic acids is 1. The number of nitrogens with zero attached hydrogens (tertiary/aromatic N) is 2. The predicted octanol–water partition coefficient (Wildman–Crippen LogP) is 2.58. The van der Waals surface area contributed by atoms with Crippen molar-refractivity contribution in [1.82, 2.24) is 10.2 Å². The van der Waals surface area contributed by atoms with E-state index in [9.17, 15) is 4.79 Å². The van der Waals surface area contributed by atoms with Gasteiger partial charge in [0, 0.05) is 5.56 Å². The number of benzene rings is 1. The van der Waals surface area contributed by atoms with Crippen molar-refractivity contribution in [3.05, 3.63) is 47.2 Å². The molecule has 0 bridgehead atoms. The Hall–Kier alpha value is -1.94. The highest BCUT2D eigenvalue weighted by Gasteiger charge is 2.07. The number of methoxy groups -OCH3 is 1. The van der Waals surface area contributed by atoms with Crippen LogP contribution < -0.4 is 0 Å². The first-order chi connectivity index (χ1) is 8.20. The van der Waals surface area contributed by atoms with Crippen LogP contribution in [0.5, 0.6) is 0 Å². The Labute approximate surface area is 103 Å². The van der Waals surface area contributed by atoms with Crippen LogP contribution in [0.15, 0.2) is 36.5 Å². The molecule has 0 aliphatic carbocycles. The normalized spacial score (nSPS) is 10.0. The average molecular weight is 249 g/mol. The molecule has 0 unspecified atom stereocenters. The zero-order valence-corrected chi connectivity index (χ0v) is 9.81. The Morgan fingerprint density at radius 3 is 2.82 bits per heavy atom. The first-order valence-electron chi connectivity index (χ1n) is 4.87. The van der Waals surface area contributed by atoms with E-state index in [-0.39, 0.29) is 5.97 Å². The van der Waals surface area contributed by atoms with Crippen LogP contribution in [0, 0.1) is 0 Å². The lowest BCUT2D eigenvalue weighted by Gasteiger charge is -2.03. The first kappa shape index (κ1) is 11.5. The van der Waals surface area contributed by atoms with Gasteiger partial charge in [0.2, 0.25) is 0 Å². The molecule has 0 amide bonds. The summed E-state index contributed by atoms with van der Waals surface area (Å²) in [6.45, 7) is 0. The summed E-state index contributed by atoms with van der Waals surface area (Å²) in [5.74, 6) is -0.375. The lowest BCUT2D eigenvalue weighted by molar-refractivity contribution is 0.0601. The van der Waals surface area contributed by atoms with Gasteiger partial charge >= 0.3 is 5.97 Å². The highest BCUT2D eigenvalue weighted by molar-refractivity contribution is 6.29. The summed E-state index contributed by atoms with van der Waals surface area (Å²) in [6.07, 6.45) is 1.59. The predicted molar refractivity (Wildman–Crippen MR) is 63.8 cm³/mol. The van der Waals surface area contributed by atoms with Crippen molar-refractivity contribution in [2.75, 3.05) is 7.11 Å². The third-order valence-electron chi connectivity index (χ3n) is 2.24. The minimum absolute atomic E-state index is 0.311. The maximum absolute atomic E-state index is 11.4. The summed E-state index contributed by atoms with van der Waals surface area (Å²) >= 11 is 5.76. The van der Waals surface area contributed by atoms with E-state index < -0.39 is 0 Å². The fraction of sp³-hybridized carbons (Fsp3) is 0.0833. The average Bonchev–Trinajstić information content (AvgIpc) is 2.38. The van der Waals surface area contributed by atoms with E-state index in [2.05, 4.69) is 14.9 Å². The number of aromatic nitrogens is 2. The second kappa shape index (κ2) is 4.93. The van der Waals surface area contributed by atoms with Gasteiger partial charge in [-0.15, -0.1) is 5.10 Å². The van der Waals surface area contributed by atoms with Crippen LogP contribution in [-0.2, 0) is 4.74 Å². The minimum Gasteiger partial charge on any atom is -0.465 e. The Morgan fingerprint density at radius 2 is 2.12 bits per heavy atom. The van der Waals surface area contributed by atoms with Crippen LogP contribution in [0.25, 0.3) is 11.1 Å². The standard InChI is InChI=1S/C12H9ClN2O2/c1-17-12(16)9-4-2-3-8(5-9)10-6-11(13)15-14-7-10/h2-7H,1H3. The monoisotopic (exact) mass is 248 g/mol. The highest BCUT2D eigenvalue weighted by atomic mass is 35.5. The van der Waals surface area contributed by atoms with Gasteiger partial charge in [-0.25, -0.2) is 4.79 Å². The maximum atomic E-state index is 11.4. The molecule has 0 fully saturated rings. The molecule has 0 saturated heterocycles. The number of hydrogen-bond donors (Lipinski definition) is 0. The van der Waals surface area contributed by atoms with E-state index in [1.165, 1.54) is 7.11 Å². The van der Waals surface area contributed by atoms with Crippen LogP contribution >= 0.6 is 11.6 Å². The number of halogens is 1. The molecule has 4 nitrogen and oxygen atoms in total. The molecule has 1 aromatic carbocycles. The molecule has 0 spiro atoms. The third-order valence-corrected chi connectivity index (χ3v) is 2.43. The molecule has 2 rings (SSSR count). The number of carbonyl (C=O) groups is 1. The summed E-state index contributed by atoms with van der Waals surface area (Å²) in [4.78, 5) is 11.4. The first-order valence-corrected chi connectivity index (χ1v) is 5.25. The van der Waals surface area contributed by atoms with Gasteiger partial charge in [-0.3, -0.25) is 0 Å². The second-order valence-corrected chi connectivity index (χ2v) is 3.73. The van der Waals surface area contributed by atoms with Crippen molar-refractivity contribution in [3.8, 4) is 11.1 Å². The molecule has 0 atom stereocenters. The quantitative estimate of drug-likeness (QED) is 0.767. The fourth-order valence-corrected chi connectivity index (χ4v) is 1.60. The summed E-state index contributed by atoms with van der Waals surface area (Å²) in [6, 6.07) is 8.73. The minimum atomic E-state index is -0.375. The smallest absolute Gasteiger partial charge is 0.337 e. The molecule has 0 radical (unpaired) electrons. The number of esters is 1. The molecular formula is C12H9ClN2O2. The second-order valence-electron chi connectivity index (χ2n) is 3.34. The molecule has 1 heterocycles. The van der Waals surface area contributed by atoms with E-state index in [4.69, 9.17) is 11.6 Å². The summed E-state index contributed by atoms with van der Waals surface area (Å²) in [7, 11) is 1.35. The molecule has 2 aromatic rings. The zero-order chi connectivity index (χ0) is 12.3. The van der Waals surface area contributed by atoms with E-state index in [0.29, 0.717) is 10.7 Å². The van der Waals surface area contributed by atoms with Crippen LogP contribution in [0.3, 0.4) is 0 Å². The van der Waals surface area contributed by atoms with Crippen molar-refractivity contribution in [3.63, 3.8) is 0 Å². The van der Waals surface area contributed by atoms with Gasteiger partial charge in [-0.1, -0.05) is 23.7 Å². The molecule has 0 aliphatic rings. The van der Waals surface area contributed by atoms with E-state index in [0.717, 1.165) is 11.1 Å². The highest BCUT2D eigenvalue weighted by Crippen LogP contribution is 2.21. The molecule has 0 saturated carbocycles. The topological polar surface area (TPSA) is 52.1 Å². The Kier molecular flexibility index (Phi) is 3.35. The van der Waals surface area contributed by atoms with Crippen molar-refractivity contribution in [1.29, 1.82) is 0 Å². The van der Waals surface area contributed by atoms with Crippen LogP contribution in [0.1, 0.15) is 10.4 Å². The number of hydrogen-bond acceptors (Lipinski definition) is 4. The molecule has 17 heavy (non-hydrogen) atoms. The van der Waals surface area contributed by atoms with Gasteiger partial charge in [0.15, 0.2) is 5.15 Å². The van der Waals surface area contributed by atoms with E-state index in [1.54, 1.807) is 30.5 Å². The number of rotatable bonds is 2. The number of ether oxygens (including phenoxy) is 1. The Balaban J connectivity index is 2.43. The Bertz CT molecular complexity index is 558. The van der Waals surface area contributed by atoms with Crippen molar-refractivity contribution < 1.29 is 9.53 Å². The van der Waals surface area contributed by atoms with Crippen molar-refractivity contribution in [2.24, 2.45) is 0 Å². The summed E-state index contributed by atoms with van der Waals surface area (Å²) < 4.78 is 4.66. The summed E-state index contributed by atoms with van der Waals surface area (Å²) in [5.41, 5.74) is 2.12. The van der Waals surface area contributed by atoms with Gasteiger partial charge in [0.25, 0.3) is 0 Å².